The minimum absolute atomic E-state index is 0.0977. The quantitative estimate of drug-likeness (QED) is 0.698. The number of nitrogens with zero attached hydrogens (tertiary/aromatic N) is 2. The first-order valence-electron chi connectivity index (χ1n) is 7.43. The van der Waals surface area contributed by atoms with E-state index in [9.17, 15) is 14.9 Å². The number of benzene rings is 2. The lowest BCUT2D eigenvalue weighted by Crippen LogP contribution is -2.31. The second kappa shape index (κ2) is 6.08. The van der Waals surface area contributed by atoms with E-state index < -0.39 is 0 Å². The van der Waals surface area contributed by atoms with E-state index in [-0.39, 0.29) is 16.5 Å². The van der Waals surface area contributed by atoms with E-state index in [1.807, 2.05) is 29.2 Å². The number of anilines is 2. The number of carbonyl (C=O) groups is 1. The number of hydrogen-bond donors (Lipinski definition) is 1. The van der Waals surface area contributed by atoms with Crippen molar-refractivity contribution in [2.75, 3.05) is 16.8 Å². The molecule has 23 heavy (non-hydrogen) atoms. The molecule has 0 aliphatic carbocycles. The second-order valence-corrected chi connectivity index (χ2v) is 5.54. The van der Waals surface area contributed by atoms with Crippen LogP contribution < -0.4 is 10.2 Å². The zero-order chi connectivity index (χ0) is 16.4. The van der Waals surface area contributed by atoms with Crippen LogP contribution >= 0.6 is 0 Å². The number of para-hydroxylation sites is 2. The third-order valence-corrected chi connectivity index (χ3v) is 4.00. The van der Waals surface area contributed by atoms with Crippen LogP contribution in [0.2, 0.25) is 0 Å². The molecule has 1 aliphatic heterocycles. The molecule has 0 unspecified atom stereocenters. The highest BCUT2D eigenvalue weighted by atomic mass is 16.6. The minimum Gasteiger partial charge on any atom is -0.361 e. The maximum atomic E-state index is 11.3. The van der Waals surface area contributed by atoms with Gasteiger partial charge >= 0.3 is 0 Å². The molecule has 0 radical (unpaired) electrons. The zero-order valence-corrected chi connectivity index (χ0v) is 12.8. The van der Waals surface area contributed by atoms with Gasteiger partial charge in [-0.1, -0.05) is 24.3 Å². The summed E-state index contributed by atoms with van der Waals surface area (Å²) in [6.45, 7) is 2.75. The Hall–Kier alpha value is -2.89. The van der Waals surface area contributed by atoms with Crippen LogP contribution in [0.1, 0.15) is 18.1 Å². The fourth-order valence-electron chi connectivity index (χ4n) is 3.01. The number of fused-ring (bicyclic) bond motifs is 1. The Bertz CT molecular complexity index is 773. The monoisotopic (exact) mass is 311 g/mol. The summed E-state index contributed by atoms with van der Waals surface area (Å²) in [7, 11) is 0. The van der Waals surface area contributed by atoms with Crippen molar-refractivity contribution in [2.45, 2.75) is 19.9 Å². The van der Waals surface area contributed by atoms with Crippen molar-refractivity contribution >= 4 is 23.0 Å². The molecule has 2 aromatic carbocycles. The van der Waals surface area contributed by atoms with Crippen molar-refractivity contribution in [3.63, 3.8) is 0 Å². The number of amides is 1. The predicted molar refractivity (Wildman–Crippen MR) is 88.6 cm³/mol. The Morgan fingerprint density at radius 2 is 2.00 bits per heavy atom. The third kappa shape index (κ3) is 3.01. The third-order valence-electron chi connectivity index (χ3n) is 4.00. The number of nitrogens with one attached hydrogen (secondary N) is 1. The molecule has 2 aromatic rings. The zero-order valence-electron chi connectivity index (χ0n) is 12.8. The van der Waals surface area contributed by atoms with E-state index in [0.29, 0.717) is 18.8 Å². The molecule has 6 nitrogen and oxygen atoms in total. The summed E-state index contributed by atoms with van der Waals surface area (Å²) in [5.41, 5.74) is 3.78. The van der Waals surface area contributed by atoms with Crippen molar-refractivity contribution in [1.29, 1.82) is 0 Å². The van der Waals surface area contributed by atoms with Gasteiger partial charge in [0.05, 0.1) is 4.92 Å². The summed E-state index contributed by atoms with van der Waals surface area (Å²) < 4.78 is 0. The Morgan fingerprint density at radius 3 is 2.74 bits per heavy atom. The molecule has 1 N–H and O–H groups in total. The van der Waals surface area contributed by atoms with Crippen LogP contribution in [-0.2, 0) is 17.8 Å². The van der Waals surface area contributed by atoms with Gasteiger partial charge < -0.3 is 10.2 Å². The van der Waals surface area contributed by atoms with E-state index in [1.165, 1.54) is 13.0 Å². The molecule has 0 saturated heterocycles. The molecule has 0 saturated carbocycles. The summed E-state index contributed by atoms with van der Waals surface area (Å²) in [5, 5.41) is 14.1. The maximum absolute atomic E-state index is 11.3. The van der Waals surface area contributed by atoms with Crippen LogP contribution in [-0.4, -0.2) is 17.4 Å². The predicted octanol–water partition coefficient (Wildman–Crippen LogP) is 3.12. The van der Waals surface area contributed by atoms with E-state index in [4.69, 9.17) is 0 Å². The van der Waals surface area contributed by atoms with Crippen molar-refractivity contribution in [2.24, 2.45) is 0 Å². The lowest BCUT2D eigenvalue weighted by molar-refractivity contribution is -0.384. The van der Waals surface area contributed by atoms with Gasteiger partial charge in [-0.15, -0.1) is 0 Å². The summed E-state index contributed by atoms with van der Waals surface area (Å²) >= 11 is 0. The summed E-state index contributed by atoms with van der Waals surface area (Å²) in [6, 6.07) is 12.6. The van der Waals surface area contributed by atoms with Gasteiger partial charge in [0.1, 0.15) is 5.69 Å². The van der Waals surface area contributed by atoms with Crippen LogP contribution in [0.15, 0.2) is 42.5 Å². The molecule has 0 bridgehead atoms. The van der Waals surface area contributed by atoms with Crippen molar-refractivity contribution in [1.82, 2.24) is 0 Å². The molecule has 1 heterocycles. The standard InChI is InChI=1S/C17H17N3O3/c1-12(21)18-15-6-4-5-13-11-19(10-9-14(13)15)16-7-2-3-8-17(16)20(22)23/h2-8H,9-11H2,1H3,(H,18,21). The molecule has 1 aliphatic rings. The Kier molecular flexibility index (Phi) is 3.97. The highest BCUT2D eigenvalue weighted by molar-refractivity contribution is 5.89. The van der Waals surface area contributed by atoms with Gasteiger partial charge in [-0.25, -0.2) is 0 Å². The first kappa shape index (κ1) is 15.0. The van der Waals surface area contributed by atoms with Crippen LogP contribution in [0.25, 0.3) is 0 Å². The number of nitro groups is 1. The largest absolute Gasteiger partial charge is 0.361 e. The molecule has 6 heteroatoms. The molecular weight excluding hydrogens is 294 g/mol. The number of rotatable bonds is 3. The van der Waals surface area contributed by atoms with Crippen molar-refractivity contribution in [3.8, 4) is 0 Å². The van der Waals surface area contributed by atoms with Crippen LogP contribution in [0.4, 0.5) is 17.1 Å². The SMILES string of the molecule is CC(=O)Nc1cccc2c1CCN(c1ccccc1[N+](=O)[O-])C2. The molecule has 1 amide bonds. The Morgan fingerprint density at radius 1 is 1.22 bits per heavy atom. The first-order valence-corrected chi connectivity index (χ1v) is 7.43. The number of carbonyl (C=O) groups excluding carboxylic acids is 1. The molecule has 0 atom stereocenters. The average Bonchev–Trinajstić information content (AvgIpc) is 2.54. The van der Waals surface area contributed by atoms with E-state index in [1.54, 1.807) is 12.1 Å². The maximum Gasteiger partial charge on any atom is 0.292 e. The van der Waals surface area contributed by atoms with Gasteiger partial charge in [-0.3, -0.25) is 14.9 Å². The molecule has 118 valence electrons. The molecular formula is C17H17N3O3. The van der Waals surface area contributed by atoms with Gasteiger partial charge in [-0.05, 0) is 29.7 Å². The number of nitro benzene ring substituents is 1. The van der Waals surface area contributed by atoms with Crippen molar-refractivity contribution in [3.05, 3.63) is 63.7 Å². The molecule has 0 fully saturated rings. The van der Waals surface area contributed by atoms with Crippen LogP contribution in [0.5, 0.6) is 0 Å². The summed E-state index contributed by atoms with van der Waals surface area (Å²) in [4.78, 5) is 24.2. The molecule has 0 spiro atoms. The fourth-order valence-corrected chi connectivity index (χ4v) is 3.01. The topological polar surface area (TPSA) is 75.5 Å². The minimum atomic E-state index is -0.349. The first-order chi connectivity index (χ1) is 11.1. The summed E-state index contributed by atoms with van der Waals surface area (Å²) in [6.07, 6.45) is 0.734. The normalized spacial score (nSPS) is 13.3. The summed E-state index contributed by atoms with van der Waals surface area (Å²) in [5.74, 6) is -0.0977. The van der Waals surface area contributed by atoms with Crippen LogP contribution in [0, 0.1) is 10.1 Å². The van der Waals surface area contributed by atoms with Gasteiger partial charge in [0.15, 0.2) is 0 Å². The van der Waals surface area contributed by atoms with E-state index >= 15 is 0 Å². The van der Waals surface area contributed by atoms with Crippen LogP contribution in [0.3, 0.4) is 0 Å². The van der Waals surface area contributed by atoms with Gasteiger partial charge in [-0.2, -0.15) is 0 Å². The highest BCUT2D eigenvalue weighted by Crippen LogP contribution is 2.33. The highest BCUT2D eigenvalue weighted by Gasteiger charge is 2.24. The Labute approximate surface area is 133 Å². The molecule has 0 aromatic heterocycles. The van der Waals surface area contributed by atoms with E-state index in [0.717, 1.165) is 23.2 Å². The lowest BCUT2D eigenvalue weighted by Gasteiger charge is -2.31. The average molecular weight is 311 g/mol. The second-order valence-electron chi connectivity index (χ2n) is 5.54. The number of hydrogen-bond acceptors (Lipinski definition) is 4. The van der Waals surface area contributed by atoms with Gasteiger partial charge in [0.2, 0.25) is 5.91 Å². The van der Waals surface area contributed by atoms with Crippen molar-refractivity contribution < 1.29 is 9.72 Å². The van der Waals surface area contributed by atoms with Gasteiger partial charge in [0, 0.05) is 31.8 Å². The molecule has 3 rings (SSSR count). The van der Waals surface area contributed by atoms with Gasteiger partial charge in [0.25, 0.3) is 5.69 Å². The fraction of sp³-hybridized carbons (Fsp3) is 0.235. The Balaban J connectivity index is 1.92. The van der Waals surface area contributed by atoms with E-state index in [2.05, 4.69) is 5.32 Å². The lowest BCUT2D eigenvalue weighted by atomic mass is 9.97. The smallest absolute Gasteiger partial charge is 0.292 e.